The number of ether oxygens (including phenoxy) is 2. The minimum Gasteiger partial charge on any atom is -0.488 e. The van der Waals surface area contributed by atoms with Gasteiger partial charge in [0.1, 0.15) is 6.61 Å². The highest BCUT2D eigenvalue weighted by Crippen LogP contribution is 2.31. The molecule has 1 aromatic heterocycles. The molecular weight excluding hydrogens is 526 g/mol. The summed E-state index contributed by atoms with van der Waals surface area (Å²) in [6, 6.07) is 26.2. The molecule has 208 valence electrons. The first-order valence-electron chi connectivity index (χ1n) is 13.9. The van der Waals surface area contributed by atoms with Crippen molar-refractivity contribution in [2.45, 2.75) is 6.04 Å². The fourth-order valence-electron chi connectivity index (χ4n) is 5.62. The Labute approximate surface area is 239 Å². The molecule has 0 saturated carbocycles. The molecule has 3 aromatic carbocycles. The van der Waals surface area contributed by atoms with Gasteiger partial charge in [0.25, 0.3) is 0 Å². The lowest BCUT2D eigenvalue weighted by Gasteiger charge is -2.39. The molecule has 0 aliphatic carbocycles. The molecule has 1 atom stereocenters. The molecule has 2 fully saturated rings. The zero-order chi connectivity index (χ0) is 27.3. The number of anilines is 1. The van der Waals surface area contributed by atoms with Crippen molar-refractivity contribution in [1.29, 1.82) is 0 Å². The van der Waals surface area contributed by atoms with Crippen LogP contribution in [0.1, 0.15) is 17.2 Å². The van der Waals surface area contributed by atoms with Crippen LogP contribution in [0.2, 0.25) is 5.02 Å². The van der Waals surface area contributed by atoms with E-state index in [4.69, 9.17) is 25.5 Å². The minimum atomic E-state index is -0.0574. The average molecular weight is 560 g/mol. The zero-order valence-electron chi connectivity index (χ0n) is 22.5. The van der Waals surface area contributed by atoms with Gasteiger partial charge in [0.05, 0.1) is 24.6 Å². The largest absolute Gasteiger partial charge is 0.488 e. The van der Waals surface area contributed by atoms with Crippen molar-refractivity contribution in [2.75, 3.05) is 70.5 Å². The first-order valence-corrected chi connectivity index (χ1v) is 14.3. The standard InChI is InChI=1S/C32H34ClN3O4/c33-26-11-9-25(10-12-26)31(24-5-2-1-3-6-24)36-15-13-34(14-16-36)17-22-39-29-8-4-7-27-28(37)23-30(40-32(27)29)35-18-20-38-21-19-35/h1-12,23,31H,13-22H2. The lowest BCUT2D eigenvalue weighted by atomic mass is 9.96. The number of morpholine rings is 1. The molecule has 2 aliphatic rings. The van der Waals surface area contributed by atoms with E-state index < -0.39 is 0 Å². The lowest BCUT2D eigenvalue weighted by molar-refractivity contribution is 0.0977. The van der Waals surface area contributed by atoms with Gasteiger partial charge in [-0.05, 0) is 35.4 Å². The predicted octanol–water partition coefficient (Wildman–Crippen LogP) is 5.07. The van der Waals surface area contributed by atoms with Crippen LogP contribution in [0, 0.1) is 0 Å². The molecule has 0 spiro atoms. The highest BCUT2D eigenvalue weighted by Gasteiger charge is 2.26. The minimum absolute atomic E-state index is 0.0574. The van der Waals surface area contributed by atoms with Gasteiger partial charge in [0.15, 0.2) is 22.6 Å². The van der Waals surface area contributed by atoms with Crippen LogP contribution in [0.5, 0.6) is 5.75 Å². The van der Waals surface area contributed by atoms with E-state index in [1.807, 2.05) is 29.2 Å². The third-order valence-corrected chi connectivity index (χ3v) is 8.02. The second-order valence-corrected chi connectivity index (χ2v) is 10.7. The number of benzene rings is 3. The van der Waals surface area contributed by atoms with Gasteiger partial charge in [-0.25, -0.2) is 0 Å². The van der Waals surface area contributed by atoms with Crippen LogP contribution in [-0.4, -0.2) is 75.4 Å². The number of fused-ring (bicyclic) bond motifs is 1. The van der Waals surface area contributed by atoms with E-state index in [0.29, 0.717) is 55.5 Å². The molecule has 2 aliphatic heterocycles. The molecule has 7 nitrogen and oxygen atoms in total. The number of nitrogens with zero attached hydrogens (tertiary/aromatic N) is 3. The van der Waals surface area contributed by atoms with Crippen molar-refractivity contribution >= 4 is 28.5 Å². The Morgan fingerprint density at radius 3 is 2.30 bits per heavy atom. The highest BCUT2D eigenvalue weighted by molar-refractivity contribution is 6.30. The van der Waals surface area contributed by atoms with Gasteiger partial charge in [-0.2, -0.15) is 0 Å². The summed E-state index contributed by atoms with van der Waals surface area (Å²) < 4.78 is 17.8. The first-order chi connectivity index (χ1) is 19.7. The van der Waals surface area contributed by atoms with Crippen molar-refractivity contribution in [3.05, 3.63) is 105 Å². The molecule has 6 rings (SSSR count). The van der Waals surface area contributed by atoms with Crippen LogP contribution in [0.25, 0.3) is 11.0 Å². The van der Waals surface area contributed by atoms with Crippen molar-refractivity contribution in [3.8, 4) is 5.75 Å². The molecule has 3 heterocycles. The third-order valence-electron chi connectivity index (χ3n) is 7.77. The molecule has 1 unspecified atom stereocenters. The maximum Gasteiger partial charge on any atom is 0.200 e. The van der Waals surface area contributed by atoms with Gasteiger partial charge in [-0.1, -0.05) is 60.1 Å². The van der Waals surface area contributed by atoms with E-state index >= 15 is 0 Å². The monoisotopic (exact) mass is 559 g/mol. The summed E-state index contributed by atoms with van der Waals surface area (Å²) in [6.07, 6.45) is 0. The Morgan fingerprint density at radius 2 is 1.55 bits per heavy atom. The second kappa shape index (κ2) is 12.4. The summed E-state index contributed by atoms with van der Waals surface area (Å²) >= 11 is 6.18. The van der Waals surface area contributed by atoms with Gasteiger partial charge >= 0.3 is 0 Å². The SMILES string of the molecule is O=c1cc(N2CCOCC2)oc2c(OCCN3CCN(C(c4ccccc4)c4ccc(Cl)cc4)CC3)cccc12. The van der Waals surface area contributed by atoms with Crippen LogP contribution >= 0.6 is 11.6 Å². The van der Waals surface area contributed by atoms with Crippen molar-refractivity contribution in [3.63, 3.8) is 0 Å². The average Bonchev–Trinajstić information content (AvgIpc) is 3.00. The number of piperazine rings is 1. The van der Waals surface area contributed by atoms with E-state index in [0.717, 1.165) is 37.7 Å². The Kier molecular flexibility index (Phi) is 8.35. The Morgan fingerprint density at radius 1 is 0.825 bits per heavy atom. The Balaban J connectivity index is 1.10. The van der Waals surface area contributed by atoms with Gasteiger partial charge in [0.2, 0.25) is 0 Å². The second-order valence-electron chi connectivity index (χ2n) is 10.3. The molecule has 0 N–H and O–H groups in total. The molecular formula is C32H34ClN3O4. The number of hydrogen-bond donors (Lipinski definition) is 0. The summed E-state index contributed by atoms with van der Waals surface area (Å²) in [5.41, 5.74) is 2.99. The maximum absolute atomic E-state index is 12.8. The summed E-state index contributed by atoms with van der Waals surface area (Å²) in [5.74, 6) is 1.18. The Hall–Kier alpha value is -3.36. The van der Waals surface area contributed by atoms with Gasteiger partial charge < -0.3 is 18.8 Å². The van der Waals surface area contributed by atoms with Crippen LogP contribution in [0.3, 0.4) is 0 Å². The molecule has 4 aromatic rings. The summed E-state index contributed by atoms with van der Waals surface area (Å²) in [4.78, 5) is 19.9. The number of hydrogen-bond acceptors (Lipinski definition) is 7. The summed E-state index contributed by atoms with van der Waals surface area (Å²) in [5, 5.41) is 1.29. The summed E-state index contributed by atoms with van der Waals surface area (Å²) in [6.45, 7) is 7.77. The molecule has 0 amide bonds. The van der Waals surface area contributed by atoms with E-state index in [2.05, 4.69) is 52.3 Å². The third kappa shape index (κ3) is 6.03. The van der Waals surface area contributed by atoms with Crippen LogP contribution < -0.4 is 15.1 Å². The first kappa shape index (κ1) is 26.8. The fraction of sp³-hybridized carbons (Fsp3) is 0.344. The number of para-hydroxylation sites is 1. The normalized spacial score (nSPS) is 17.7. The summed E-state index contributed by atoms with van der Waals surface area (Å²) in [7, 11) is 0. The fourth-order valence-corrected chi connectivity index (χ4v) is 5.74. The molecule has 2 saturated heterocycles. The van der Waals surface area contributed by atoms with Gasteiger partial charge in [-0.15, -0.1) is 0 Å². The highest BCUT2D eigenvalue weighted by atomic mass is 35.5. The van der Waals surface area contributed by atoms with Crippen molar-refractivity contribution in [2.24, 2.45) is 0 Å². The molecule has 40 heavy (non-hydrogen) atoms. The Bertz CT molecular complexity index is 1460. The van der Waals surface area contributed by atoms with E-state index in [9.17, 15) is 4.79 Å². The van der Waals surface area contributed by atoms with E-state index in [-0.39, 0.29) is 11.5 Å². The van der Waals surface area contributed by atoms with Crippen LogP contribution in [0.15, 0.2) is 88.1 Å². The topological polar surface area (TPSA) is 58.4 Å². The number of halogens is 1. The zero-order valence-corrected chi connectivity index (χ0v) is 23.3. The maximum atomic E-state index is 12.8. The number of rotatable bonds is 8. The molecule has 8 heteroatoms. The van der Waals surface area contributed by atoms with E-state index in [1.54, 1.807) is 12.1 Å². The lowest BCUT2D eigenvalue weighted by Crippen LogP contribution is -2.48. The quantitative estimate of drug-likeness (QED) is 0.299. The van der Waals surface area contributed by atoms with Crippen molar-refractivity contribution < 1.29 is 13.9 Å². The van der Waals surface area contributed by atoms with Crippen LogP contribution in [0.4, 0.5) is 5.88 Å². The smallest absolute Gasteiger partial charge is 0.200 e. The van der Waals surface area contributed by atoms with Crippen molar-refractivity contribution in [1.82, 2.24) is 9.80 Å². The van der Waals surface area contributed by atoms with Gasteiger partial charge in [0, 0.05) is 56.9 Å². The van der Waals surface area contributed by atoms with Gasteiger partial charge in [-0.3, -0.25) is 14.6 Å². The van der Waals surface area contributed by atoms with Crippen LogP contribution in [-0.2, 0) is 4.74 Å². The predicted molar refractivity (Wildman–Crippen MR) is 159 cm³/mol. The van der Waals surface area contributed by atoms with E-state index in [1.165, 1.54) is 11.1 Å². The molecule has 0 radical (unpaired) electrons. The molecule has 0 bridgehead atoms.